The number of hydrogen-bond acceptors (Lipinski definition) is 0. The zero-order valence-corrected chi connectivity index (χ0v) is 28.1. The molecule has 1 aromatic heterocycles. The molecule has 0 amide bonds. The van der Waals surface area contributed by atoms with E-state index < -0.39 is 0 Å². The van der Waals surface area contributed by atoms with Crippen LogP contribution >= 0.6 is 0 Å². The molecular weight excluding hydrogens is 567 g/mol. The normalized spacial score (nSPS) is 17.1. The quantitative estimate of drug-likeness (QED) is 0.185. The van der Waals surface area contributed by atoms with Crippen molar-refractivity contribution in [2.75, 3.05) is 0 Å². The maximum absolute atomic E-state index is 2.56. The third-order valence-electron chi connectivity index (χ3n) is 12.6. The number of aromatic nitrogens is 1. The lowest BCUT2D eigenvalue weighted by atomic mass is 9.55. The number of rotatable bonds is 2. The molecule has 10 rings (SSSR count). The molecule has 47 heavy (non-hydrogen) atoms. The first kappa shape index (κ1) is 27.3. The fourth-order valence-corrected chi connectivity index (χ4v) is 9.08. The van der Waals surface area contributed by atoms with E-state index in [1.807, 2.05) is 0 Å². The van der Waals surface area contributed by atoms with Crippen LogP contribution in [-0.2, 0) is 22.7 Å². The van der Waals surface area contributed by atoms with Crippen molar-refractivity contribution >= 4 is 21.8 Å². The number of nitrogens with zero attached hydrogens (tertiary/aromatic N) is 1. The van der Waals surface area contributed by atoms with Gasteiger partial charge in [0.25, 0.3) is 0 Å². The van der Waals surface area contributed by atoms with E-state index in [2.05, 4.69) is 161 Å². The Kier molecular flexibility index (Phi) is 5.06. The molecule has 1 nitrogen and oxygen atoms in total. The fraction of sp³-hybridized carbons (Fsp3) is 0.217. The molecule has 0 atom stereocenters. The van der Waals surface area contributed by atoms with E-state index in [4.69, 9.17) is 0 Å². The molecule has 0 radical (unpaired) electrons. The van der Waals surface area contributed by atoms with Crippen LogP contribution in [0.5, 0.6) is 0 Å². The van der Waals surface area contributed by atoms with Gasteiger partial charge in [-0.05, 0) is 126 Å². The number of para-hydroxylation sites is 1. The van der Waals surface area contributed by atoms with Gasteiger partial charge in [-0.1, -0.05) is 114 Å². The molecule has 0 unspecified atom stereocenters. The Bertz CT molecular complexity index is 2500. The van der Waals surface area contributed by atoms with Gasteiger partial charge in [-0.2, -0.15) is 0 Å². The largest absolute Gasteiger partial charge is 0.309 e. The van der Waals surface area contributed by atoms with E-state index in [0.29, 0.717) is 0 Å². The van der Waals surface area contributed by atoms with E-state index in [9.17, 15) is 0 Å². The van der Waals surface area contributed by atoms with Crippen molar-refractivity contribution in [2.45, 2.75) is 64.2 Å². The maximum Gasteiger partial charge on any atom is 0.0544 e. The fourth-order valence-electron chi connectivity index (χ4n) is 9.08. The van der Waals surface area contributed by atoms with Crippen LogP contribution < -0.4 is 0 Å². The molecule has 7 aromatic rings. The van der Waals surface area contributed by atoms with E-state index in [0.717, 1.165) is 6.42 Å². The summed E-state index contributed by atoms with van der Waals surface area (Å²) in [5.74, 6) is 0. The van der Waals surface area contributed by atoms with Gasteiger partial charge >= 0.3 is 0 Å². The van der Waals surface area contributed by atoms with Crippen molar-refractivity contribution in [3.05, 3.63) is 149 Å². The van der Waals surface area contributed by atoms with Crippen molar-refractivity contribution in [3.63, 3.8) is 0 Å². The third-order valence-corrected chi connectivity index (χ3v) is 12.6. The first-order valence-corrected chi connectivity index (χ1v) is 17.2. The van der Waals surface area contributed by atoms with E-state index in [-0.39, 0.29) is 16.2 Å². The van der Waals surface area contributed by atoms with Gasteiger partial charge in [-0.25, -0.2) is 0 Å². The summed E-state index contributed by atoms with van der Waals surface area (Å²) < 4.78 is 2.44. The van der Waals surface area contributed by atoms with Crippen LogP contribution in [0.3, 0.4) is 0 Å². The van der Waals surface area contributed by atoms with Crippen LogP contribution in [-0.4, -0.2) is 4.57 Å². The van der Waals surface area contributed by atoms with Crippen LogP contribution in [0.15, 0.2) is 115 Å². The maximum atomic E-state index is 2.56. The van der Waals surface area contributed by atoms with Crippen LogP contribution in [0, 0.1) is 0 Å². The first-order chi connectivity index (χ1) is 22.6. The minimum atomic E-state index is -0.0847. The number of fused-ring (bicyclic) bond motifs is 10. The number of benzene rings is 6. The van der Waals surface area contributed by atoms with E-state index in [1.54, 1.807) is 0 Å². The zero-order valence-electron chi connectivity index (χ0n) is 28.1. The van der Waals surface area contributed by atoms with Gasteiger partial charge < -0.3 is 4.57 Å². The molecule has 0 saturated carbocycles. The molecule has 0 N–H and O–H groups in total. The third kappa shape index (κ3) is 3.45. The molecule has 3 aliphatic rings. The lowest BCUT2D eigenvalue weighted by molar-refractivity contribution is 0.298. The van der Waals surface area contributed by atoms with Gasteiger partial charge in [0.15, 0.2) is 0 Å². The van der Waals surface area contributed by atoms with Gasteiger partial charge in [0.1, 0.15) is 0 Å². The van der Waals surface area contributed by atoms with Crippen molar-refractivity contribution in [2.24, 2.45) is 0 Å². The van der Waals surface area contributed by atoms with Crippen molar-refractivity contribution in [1.82, 2.24) is 4.57 Å². The standard InChI is InChI=1S/C46H39N/c1-44(2)39-23-28(27-15-18-31(19-16-27)47-42-14-10-8-12-34(42)37-22-29-21-30(29)24-43(37)47)17-20-33(39)35-25-36-32-11-7-9-13-38(32)45(3,4)46(5,6)41(36)26-40(35)44/h7-20,22-26H,21H2,1-6H3. The predicted octanol–water partition coefficient (Wildman–Crippen LogP) is 11.9. The number of hydrogen-bond donors (Lipinski definition) is 0. The molecule has 1 heteroatoms. The summed E-state index contributed by atoms with van der Waals surface area (Å²) in [6.07, 6.45) is 1.13. The molecular formula is C46H39N. The van der Waals surface area contributed by atoms with Crippen molar-refractivity contribution in [1.29, 1.82) is 0 Å². The lowest BCUT2D eigenvalue weighted by Gasteiger charge is -2.48. The average Bonchev–Trinajstić information content (AvgIpc) is 3.73. The smallest absolute Gasteiger partial charge is 0.0544 e. The SMILES string of the molecule is CC1(C)c2cc(-c3ccc(-n4c5ccccc5c5cc6c(cc54)C6)cc3)ccc2-c2cc3c(cc21)C(C)(C)C(C)(C)c1ccccc1-3. The average molecular weight is 606 g/mol. The summed E-state index contributed by atoms with van der Waals surface area (Å²) >= 11 is 0. The highest BCUT2D eigenvalue weighted by atomic mass is 15.0. The Morgan fingerprint density at radius 2 is 1.09 bits per heavy atom. The lowest BCUT2D eigenvalue weighted by Crippen LogP contribution is -2.43. The summed E-state index contributed by atoms with van der Waals surface area (Å²) in [5.41, 5.74) is 20.6. The van der Waals surface area contributed by atoms with Crippen LogP contribution in [0.2, 0.25) is 0 Å². The highest BCUT2D eigenvalue weighted by molar-refractivity contribution is 6.10. The molecule has 3 aliphatic carbocycles. The highest BCUT2D eigenvalue weighted by Gasteiger charge is 2.47. The summed E-state index contributed by atoms with van der Waals surface area (Å²) in [6.45, 7) is 14.6. The summed E-state index contributed by atoms with van der Waals surface area (Å²) in [4.78, 5) is 0. The minimum absolute atomic E-state index is 0.00144. The Hall–Kier alpha value is -4.88. The van der Waals surface area contributed by atoms with E-state index >= 15 is 0 Å². The Labute approximate surface area is 277 Å². The van der Waals surface area contributed by atoms with Gasteiger partial charge in [-0.15, -0.1) is 0 Å². The summed E-state index contributed by atoms with van der Waals surface area (Å²) in [5, 5.41) is 2.69. The summed E-state index contributed by atoms with van der Waals surface area (Å²) in [6, 6.07) is 44.2. The second-order valence-corrected chi connectivity index (χ2v) is 15.8. The van der Waals surface area contributed by atoms with Crippen molar-refractivity contribution < 1.29 is 0 Å². The molecule has 0 bridgehead atoms. The topological polar surface area (TPSA) is 4.93 Å². The molecule has 0 saturated heterocycles. The second-order valence-electron chi connectivity index (χ2n) is 15.8. The predicted molar refractivity (Wildman–Crippen MR) is 198 cm³/mol. The second kappa shape index (κ2) is 8.72. The molecule has 0 aliphatic heterocycles. The minimum Gasteiger partial charge on any atom is -0.309 e. The monoisotopic (exact) mass is 605 g/mol. The van der Waals surface area contributed by atoms with Crippen molar-refractivity contribution in [3.8, 4) is 39.1 Å². The highest BCUT2D eigenvalue weighted by Crippen LogP contribution is 2.58. The molecule has 6 aromatic carbocycles. The van der Waals surface area contributed by atoms with Gasteiger partial charge in [0.05, 0.1) is 11.0 Å². The zero-order chi connectivity index (χ0) is 32.0. The molecule has 228 valence electrons. The summed E-state index contributed by atoms with van der Waals surface area (Å²) in [7, 11) is 0. The van der Waals surface area contributed by atoms with Gasteiger partial charge in [-0.3, -0.25) is 0 Å². The Balaban J connectivity index is 1.08. The first-order valence-electron chi connectivity index (χ1n) is 17.2. The van der Waals surface area contributed by atoms with E-state index in [1.165, 1.54) is 94.3 Å². The van der Waals surface area contributed by atoms with Crippen LogP contribution in [0.4, 0.5) is 0 Å². The van der Waals surface area contributed by atoms with Gasteiger partial charge in [0.2, 0.25) is 0 Å². The molecule has 1 heterocycles. The Morgan fingerprint density at radius 1 is 0.447 bits per heavy atom. The Morgan fingerprint density at radius 3 is 1.91 bits per heavy atom. The van der Waals surface area contributed by atoms with Crippen LogP contribution in [0.25, 0.3) is 60.9 Å². The van der Waals surface area contributed by atoms with Gasteiger partial charge in [0, 0.05) is 21.9 Å². The molecule has 0 spiro atoms. The van der Waals surface area contributed by atoms with Crippen LogP contribution in [0.1, 0.15) is 74.9 Å². The molecule has 0 fully saturated rings.